The molecule has 5 heteroatoms. The second-order valence-electron chi connectivity index (χ2n) is 6.00. The number of benzene rings is 1. The van der Waals surface area contributed by atoms with Crippen LogP contribution in [0.1, 0.15) is 49.8 Å². The number of carbonyl (C=O) groups excluding carboxylic acids is 1. The molecule has 0 heterocycles. The molecule has 2 unspecified atom stereocenters. The van der Waals surface area contributed by atoms with Gasteiger partial charge in [-0.25, -0.2) is 0 Å². The average molecular weight is 341 g/mol. The Morgan fingerprint density at radius 1 is 1.41 bits per heavy atom. The largest absolute Gasteiger partial charge is 0.495 e. The molecule has 2 aliphatic rings. The van der Waals surface area contributed by atoms with Crippen molar-refractivity contribution in [1.82, 2.24) is 0 Å². The monoisotopic (exact) mass is 340 g/mol. The summed E-state index contributed by atoms with van der Waals surface area (Å²) in [6.45, 7) is 2.08. The predicted molar refractivity (Wildman–Crippen MR) is 87.5 cm³/mol. The van der Waals surface area contributed by atoms with Gasteiger partial charge in [0.15, 0.2) is 5.78 Å². The zero-order valence-corrected chi connectivity index (χ0v) is 14.1. The Morgan fingerprint density at radius 2 is 2.14 bits per heavy atom. The number of fused-ring (bicyclic) bond motifs is 3. The first-order valence-electron chi connectivity index (χ1n) is 7.45. The smallest absolute Gasteiger partial charge is 0.156 e. The van der Waals surface area contributed by atoms with Crippen LogP contribution >= 0.6 is 23.2 Å². The minimum absolute atomic E-state index is 0.0739. The van der Waals surface area contributed by atoms with Crippen molar-refractivity contribution in [2.24, 2.45) is 5.41 Å². The summed E-state index contributed by atoms with van der Waals surface area (Å²) in [5.41, 5.74) is 1.81. The van der Waals surface area contributed by atoms with E-state index in [1.54, 1.807) is 12.1 Å². The molecule has 22 heavy (non-hydrogen) atoms. The zero-order chi connectivity index (χ0) is 16.1. The van der Waals surface area contributed by atoms with Crippen LogP contribution in [0.3, 0.4) is 0 Å². The Hall–Kier alpha value is -1.03. The van der Waals surface area contributed by atoms with Crippen LogP contribution < -0.4 is 4.74 Å². The molecule has 0 bridgehead atoms. The first kappa shape index (κ1) is 15.9. The second-order valence-corrected chi connectivity index (χ2v) is 6.76. The van der Waals surface area contributed by atoms with Gasteiger partial charge in [-0.3, -0.25) is 4.79 Å². The minimum atomic E-state index is -0.689. The molecule has 0 saturated heterocycles. The van der Waals surface area contributed by atoms with Gasteiger partial charge >= 0.3 is 0 Å². The Bertz CT molecular complexity index is 681. The SMILES string of the molecule is CCCC12CCC(=O)C=C1c1c(cc(OC)c(Cl)c1Cl)C2O. The molecule has 0 saturated carbocycles. The third kappa shape index (κ3) is 2.03. The summed E-state index contributed by atoms with van der Waals surface area (Å²) >= 11 is 12.7. The number of aliphatic hydroxyl groups excluding tert-OH is 1. The molecule has 2 atom stereocenters. The van der Waals surface area contributed by atoms with Gasteiger partial charge in [-0.15, -0.1) is 0 Å². The van der Waals surface area contributed by atoms with Crippen molar-refractivity contribution in [3.63, 3.8) is 0 Å². The van der Waals surface area contributed by atoms with Crippen LogP contribution in [0.5, 0.6) is 5.75 Å². The molecule has 0 aliphatic heterocycles. The van der Waals surface area contributed by atoms with Gasteiger partial charge in [-0.1, -0.05) is 36.5 Å². The van der Waals surface area contributed by atoms with E-state index >= 15 is 0 Å². The number of allylic oxidation sites excluding steroid dienone is 1. The molecule has 0 spiro atoms. The highest BCUT2D eigenvalue weighted by Crippen LogP contribution is 2.63. The third-order valence-corrected chi connectivity index (χ3v) is 5.72. The Kier molecular flexibility index (Phi) is 4.00. The molecule has 1 aromatic carbocycles. The maximum absolute atomic E-state index is 11.9. The molecule has 1 N–H and O–H groups in total. The molecule has 118 valence electrons. The average Bonchev–Trinajstić information content (AvgIpc) is 2.73. The standard InChI is InChI=1S/C17H18Cl2O3/c1-3-5-17-6-4-9(20)7-11(17)13-10(16(17)21)8-12(22-2)14(18)15(13)19/h7-8,16,21H,3-6H2,1-2H3. The minimum Gasteiger partial charge on any atom is -0.495 e. The summed E-state index contributed by atoms with van der Waals surface area (Å²) < 4.78 is 5.25. The van der Waals surface area contributed by atoms with E-state index in [4.69, 9.17) is 27.9 Å². The number of ketones is 1. The summed E-state index contributed by atoms with van der Waals surface area (Å²) in [4.78, 5) is 11.9. The molecule has 2 aliphatic carbocycles. The van der Waals surface area contributed by atoms with Crippen molar-refractivity contribution < 1.29 is 14.6 Å². The number of hydrogen-bond acceptors (Lipinski definition) is 3. The maximum atomic E-state index is 11.9. The predicted octanol–water partition coefficient (Wildman–Crippen LogP) is 4.58. The first-order valence-corrected chi connectivity index (χ1v) is 8.21. The Labute approximate surface area is 139 Å². The van der Waals surface area contributed by atoms with E-state index in [2.05, 4.69) is 6.92 Å². The molecule has 3 nitrogen and oxygen atoms in total. The van der Waals surface area contributed by atoms with Gasteiger partial charge < -0.3 is 9.84 Å². The molecular formula is C17H18Cl2O3. The van der Waals surface area contributed by atoms with Crippen LogP contribution in [0.4, 0.5) is 0 Å². The van der Waals surface area contributed by atoms with Crippen LogP contribution in [0.15, 0.2) is 12.1 Å². The maximum Gasteiger partial charge on any atom is 0.156 e. The molecule has 0 amide bonds. The van der Waals surface area contributed by atoms with Crippen LogP contribution in [-0.4, -0.2) is 18.0 Å². The lowest BCUT2D eigenvalue weighted by Gasteiger charge is -2.36. The fourth-order valence-corrected chi connectivity index (χ4v) is 4.39. The summed E-state index contributed by atoms with van der Waals surface area (Å²) in [6.07, 6.45) is 3.76. The van der Waals surface area contributed by atoms with Gasteiger partial charge in [0, 0.05) is 17.4 Å². The number of halogens is 2. The lowest BCUT2D eigenvalue weighted by Crippen LogP contribution is -2.29. The van der Waals surface area contributed by atoms with Crippen molar-refractivity contribution in [3.05, 3.63) is 33.3 Å². The zero-order valence-electron chi connectivity index (χ0n) is 12.6. The normalized spacial score (nSPS) is 26.5. The van der Waals surface area contributed by atoms with Gasteiger partial charge in [0.25, 0.3) is 0 Å². The number of aliphatic hydroxyl groups is 1. The van der Waals surface area contributed by atoms with Gasteiger partial charge in [0.05, 0.1) is 18.2 Å². The molecule has 0 aromatic heterocycles. The Balaban J connectivity index is 2.29. The van der Waals surface area contributed by atoms with Gasteiger partial charge in [-0.2, -0.15) is 0 Å². The lowest BCUT2D eigenvalue weighted by molar-refractivity contribution is -0.116. The van der Waals surface area contributed by atoms with Crippen molar-refractivity contribution >= 4 is 34.6 Å². The van der Waals surface area contributed by atoms with Crippen molar-refractivity contribution in [2.75, 3.05) is 7.11 Å². The van der Waals surface area contributed by atoms with E-state index in [1.165, 1.54) is 7.11 Å². The molecule has 0 fully saturated rings. The summed E-state index contributed by atoms with van der Waals surface area (Å²) in [5.74, 6) is 0.520. The summed E-state index contributed by atoms with van der Waals surface area (Å²) in [6, 6.07) is 1.75. The molecule has 1 aromatic rings. The van der Waals surface area contributed by atoms with Crippen molar-refractivity contribution in [1.29, 1.82) is 0 Å². The highest BCUT2D eigenvalue weighted by atomic mass is 35.5. The highest BCUT2D eigenvalue weighted by molar-refractivity contribution is 6.44. The van der Waals surface area contributed by atoms with Crippen molar-refractivity contribution in [3.8, 4) is 5.75 Å². The van der Waals surface area contributed by atoms with Crippen LogP contribution in [0.2, 0.25) is 10.0 Å². The number of methoxy groups -OCH3 is 1. The molecule has 3 rings (SSSR count). The van der Waals surface area contributed by atoms with E-state index in [0.717, 1.165) is 18.4 Å². The van der Waals surface area contributed by atoms with Crippen LogP contribution in [-0.2, 0) is 4.79 Å². The topological polar surface area (TPSA) is 46.5 Å². The van der Waals surface area contributed by atoms with E-state index in [9.17, 15) is 9.90 Å². The van der Waals surface area contributed by atoms with E-state index in [1.807, 2.05) is 0 Å². The summed E-state index contributed by atoms with van der Waals surface area (Å²) in [5, 5.41) is 11.6. The van der Waals surface area contributed by atoms with Crippen LogP contribution in [0, 0.1) is 5.41 Å². The molecule has 0 radical (unpaired) electrons. The highest BCUT2D eigenvalue weighted by Gasteiger charge is 2.51. The van der Waals surface area contributed by atoms with E-state index in [0.29, 0.717) is 39.8 Å². The van der Waals surface area contributed by atoms with Gasteiger partial charge in [-0.05, 0) is 36.1 Å². The number of ether oxygens (including phenoxy) is 1. The Morgan fingerprint density at radius 3 is 2.77 bits per heavy atom. The number of carbonyl (C=O) groups is 1. The second kappa shape index (κ2) is 5.55. The number of hydrogen-bond donors (Lipinski definition) is 1. The van der Waals surface area contributed by atoms with Crippen LogP contribution in [0.25, 0.3) is 5.57 Å². The van der Waals surface area contributed by atoms with E-state index in [-0.39, 0.29) is 5.78 Å². The third-order valence-electron chi connectivity index (χ3n) is 4.87. The van der Waals surface area contributed by atoms with Gasteiger partial charge in [0.2, 0.25) is 0 Å². The van der Waals surface area contributed by atoms with Gasteiger partial charge in [0.1, 0.15) is 10.8 Å². The fourth-order valence-electron chi connectivity index (χ4n) is 3.86. The first-order chi connectivity index (χ1) is 10.5. The fraction of sp³-hybridized carbons (Fsp3) is 0.471. The number of rotatable bonds is 3. The lowest BCUT2D eigenvalue weighted by atomic mass is 9.68. The van der Waals surface area contributed by atoms with E-state index < -0.39 is 11.5 Å². The molecular weight excluding hydrogens is 323 g/mol. The quantitative estimate of drug-likeness (QED) is 0.875. The van der Waals surface area contributed by atoms with Crippen molar-refractivity contribution in [2.45, 2.75) is 38.7 Å². The summed E-state index contributed by atoms with van der Waals surface area (Å²) in [7, 11) is 1.52.